The van der Waals surface area contributed by atoms with Crippen LogP contribution in [0.25, 0.3) is 5.76 Å². The van der Waals surface area contributed by atoms with E-state index in [4.69, 9.17) is 9.47 Å². The van der Waals surface area contributed by atoms with E-state index in [0.29, 0.717) is 30.9 Å². The summed E-state index contributed by atoms with van der Waals surface area (Å²) < 4.78 is 11.1. The maximum Gasteiger partial charge on any atom is 0.295 e. The van der Waals surface area contributed by atoms with E-state index < -0.39 is 17.7 Å². The van der Waals surface area contributed by atoms with Gasteiger partial charge in [-0.3, -0.25) is 9.59 Å². The Kier molecular flexibility index (Phi) is 8.62. The molecule has 1 aliphatic rings. The van der Waals surface area contributed by atoms with E-state index in [1.165, 1.54) is 7.11 Å². The zero-order valence-corrected chi connectivity index (χ0v) is 21.4. The third-order valence-corrected chi connectivity index (χ3v) is 6.58. The van der Waals surface area contributed by atoms with Gasteiger partial charge in [-0.05, 0) is 48.2 Å². The first-order valence-electron chi connectivity index (χ1n) is 12.7. The summed E-state index contributed by atoms with van der Waals surface area (Å²) in [5.74, 6) is -0.259. The fourth-order valence-electron chi connectivity index (χ4n) is 4.57. The molecule has 0 aliphatic carbocycles. The second-order valence-electron chi connectivity index (χ2n) is 9.08. The molecule has 0 bridgehead atoms. The van der Waals surface area contributed by atoms with Crippen molar-refractivity contribution in [1.82, 2.24) is 4.90 Å². The average molecular weight is 500 g/mol. The number of methoxy groups -OCH3 is 1. The molecular formula is C31H33NO5. The fraction of sp³-hybridized carbons (Fsp3) is 0.290. The third-order valence-electron chi connectivity index (χ3n) is 6.58. The first-order valence-corrected chi connectivity index (χ1v) is 12.7. The van der Waals surface area contributed by atoms with Crippen LogP contribution in [0.5, 0.6) is 11.5 Å². The number of ether oxygens (including phenoxy) is 2. The Balaban J connectivity index is 1.69. The van der Waals surface area contributed by atoms with Crippen LogP contribution in [0.2, 0.25) is 0 Å². The van der Waals surface area contributed by atoms with Gasteiger partial charge >= 0.3 is 0 Å². The molecule has 1 aliphatic heterocycles. The van der Waals surface area contributed by atoms with E-state index in [1.807, 2.05) is 54.6 Å². The van der Waals surface area contributed by atoms with Gasteiger partial charge in [0.25, 0.3) is 11.7 Å². The highest BCUT2D eigenvalue weighted by molar-refractivity contribution is 6.46. The minimum absolute atomic E-state index is 0.0722. The number of carbonyl (C=O) groups excluding carboxylic acids is 2. The second kappa shape index (κ2) is 12.3. The molecule has 3 aromatic carbocycles. The molecule has 1 fully saturated rings. The third kappa shape index (κ3) is 6.02. The molecule has 1 N–H and O–H groups in total. The van der Waals surface area contributed by atoms with Gasteiger partial charge in [-0.1, -0.05) is 74.4 Å². The molecule has 3 aromatic rings. The topological polar surface area (TPSA) is 76.1 Å². The number of aliphatic hydroxyl groups excluding tert-OH is 1. The molecule has 4 rings (SSSR count). The Morgan fingerprint density at radius 3 is 2.38 bits per heavy atom. The van der Waals surface area contributed by atoms with Crippen molar-refractivity contribution in [1.29, 1.82) is 0 Å². The lowest BCUT2D eigenvalue weighted by atomic mass is 9.95. The van der Waals surface area contributed by atoms with Crippen molar-refractivity contribution in [3.05, 3.63) is 101 Å². The quantitative estimate of drug-likeness (QED) is 0.153. The van der Waals surface area contributed by atoms with Crippen LogP contribution in [0.15, 0.2) is 84.4 Å². The molecule has 192 valence electrons. The molecule has 0 saturated carbocycles. The lowest BCUT2D eigenvalue weighted by molar-refractivity contribution is -0.139. The summed E-state index contributed by atoms with van der Waals surface area (Å²) in [7, 11) is 1.54. The monoisotopic (exact) mass is 499 g/mol. The summed E-state index contributed by atoms with van der Waals surface area (Å²) in [6, 6.07) is 23.4. The van der Waals surface area contributed by atoms with Crippen molar-refractivity contribution in [2.24, 2.45) is 0 Å². The summed E-state index contributed by atoms with van der Waals surface area (Å²) in [6.45, 7) is 3.12. The predicted molar refractivity (Wildman–Crippen MR) is 144 cm³/mol. The molecule has 6 heteroatoms. The summed E-state index contributed by atoms with van der Waals surface area (Å²) >= 11 is 0. The van der Waals surface area contributed by atoms with Gasteiger partial charge in [-0.2, -0.15) is 0 Å². The van der Waals surface area contributed by atoms with Crippen LogP contribution < -0.4 is 9.47 Å². The number of hydrogen-bond acceptors (Lipinski definition) is 5. The molecule has 0 radical (unpaired) electrons. The van der Waals surface area contributed by atoms with Gasteiger partial charge in [0, 0.05) is 12.1 Å². The summed E-state index contributed by atoms with van der Waals surface area (Å²) in [4.78, 5) is 28.1. The lowest BCUT2D eigenvalue weighted by Crippen LogP contribution is -2.31. The van der Waals surface area contributed by atoms with E-state index in [1.54, 1.807) is 29.2 Å². The van der Waals surface area contributed by atoms with Crippen LogP contribution in [-0.2, 0) is 16.0 Å². The van der Waals surface area contributed by atoms with Gasteiger partial charge in [0.1, 0.15) is 17.3 Å². The van der Waals surface area contributed by atoms with E-state index in [2.05, 4.69) is 6.92 Å². The second-order valence-corrected chi connectivity index (χ2v) is 9.08. The van der Waals surface area contributed by atoms with Gasteiger partial charge in [0.05, 0.1) is 25.3 Å². The molecular weight excluding hydrogens is 466 g/mol. The number of amides is 1. The number of likely N-dealkylation sites (tertiary alicyclic amines) is 1. The van der Waals surface area contributed by atoms with Crippen LogP contribution >= 0.6 is 0 Å². The molecule has 0 aromatic heterocycles. The Labute approximate surface area is 218 Å². The van der Waals surface area contributed by atoms with Gasteiger partial charge in [-0.15, -0.1) is 0 Å². The number of rotatable bonds is 11. The van der Waals surface area contributed by atoms with Crippen molar-refractivity contribution in [2.75, 3.05) is 20.3 Å². The molecule has 0 spiro atoms. The number of hydrogen-bond donors (Lipinski definition) is 1. The van der Waals surface area contributed by atoms with Gasteiger partial charge in [-0.25, -0.2) is 0 Å². The van der Waals surface area contributed by atoms with E-state index in [0.717, 1.165) is 36.1 Å². The van der Waals surface area contributed by atoms with Crippen molar-refractivity contribution >= 4 is 17.4 Å². The molecule has 6 nitrogen and oxygen atoms in total. The van der Waals surface area contributed by atoms with Crippen molar-refractivity contribution in [3.8, 4) is 11.5 Å². The average Bonchev–Trinajstić information content (AvgIpc) is 3.19. The van der Waals surface area contributed by atoms with Crippen LogP contribution in [0.3, 0.4) is 0 Å². The zero-order valence-electron chi connectivity index (χ0n) is 21.4. The number of Topliss-reactive ketones (excluding diaryl/α,β-unsaturated/α-hetero) is 1. The Morgan fingerprint density at radius 2 is 1.68 bits per heavy atom. The fourth-order valence-corrected chi connectivity index (χ4v) is 4.57. The summed E-state index contributed by atoms with van der Waals surface area (Å²) in [5, 5.41) is 11.3. The number of benzene rings is 3. The number of unbranched alkanes of at least 4 members (excludes halogenated alkanes) is 2. The first kappa shape index (κ1) is 26.0. The maximum absolute atomic E-state index is 13.3. The molecule has 1 saturated heterocycles. The van der Waals surface area contributed by atoms with E-state index >= 15 is 0 Å². The van der Waals surface area contributed by atoms with Crippen LogP contribution in [0.1, 0.15) is 48.9 Å². The number of ketones is 1. The SMILES string of the molecule is CCCCCOc1ccc(C2/C(=C(\O)c3cccc(OC)c3)C(=O)C(=O)N2CCc2ccccc2)cc1. The predicted octanol–water partition coefficient (Wildman–Crippen LogP) is 5.93. The van der Waals surface area contributed by atoms with Crippen LogP contribution in [0.4, 0.5) is 0 Å². The van der Waals surface area contributed by atoms with E-state index in [-0.39, 0.29) is 11.3 Å². The van der Waals surface area contributed by atoms with Crippen LogP contribution in [0, 0.1) is 0 Å². The number of nitrogens with zero attached hydrogens (tertiary/aromatic N) is 1. The Bertz CT molecular complexity index is 1250. The van der Waals surface area contributed by atoms with E-state index in [9.17, 15) is 14.7 Å². The van der Waals surface area contributed by atoms with Gasteiger partial charge in [0.15, 0.2) is 0 Å². The molecule has 37 heavy (non-hydrogen) atoms. The smallest absolute Gasteiger partial charge is 0.295 e. The number of carbonyl (C=O) groups is 2. The van der Waals surface area contributed by atoms with Crippen LogP contribution in [-0.4, -0.2) is 42.0 Å². The van der Waals surface area contributed by atoms with Crippen molar-refractivity contribution < 1.29 is 24.2 Å². The standard InChI is InChI=1S/C31H33NO5/c1-3-4-8-20-37-25-16-14-23(15-17-25)28-27(29(33)24-12-9-13-26(21-24)36-2)30(34)31(35)32(28)19-18-22-10-6-5-7-11-22/h5-7,9-17,21,28,33H,3-4,8,18-20H2,1-2H3/b29-27+. The first-order chi connectivity index (χ1) is 18.0. The summed E-state index contributed by atoms with van der Waals surface area (Å²) in [6.07, 6.45) is 3.80. The zero-order chi connectivity index (χ0) is 26.2. The van der Waals surface area contributed by atoms with Crippen molar-refractivity contribution in [2.45, 2.75) is 38.6 Å². The largest absolute Gasteiger partial charge is 0.507 e. The Morgan fingerprint density at radius 1 is 0.919 bits per heavy atom. The highest BCUT2D eigenvalue weighted by Gasteiger charge is 2.45. The molecule has 1 unspecified atom stereocenters. The van der Waals surface area contributed by atoms with Gasteiger partial charge < -0.3 is 19.5 Å². The van der Waals surface area contributed by atoms with Gasteiger partial charge in [0.2, 0.25) is 0 Å². The molecule has 1 amide bonds. The molecule has 1 heterocycles. The summed E-state index contributed by atoms with van der Waals surface area (Å²) in [5.41, 5.74) is 2.29. The number of aliphatic hydroxyl groups is 1. The Hall–Kier alpha value is -4.06. The maximum atomic E-state index is 13.3. The normalized spacial score (nSPS) is 16.7. The van der Waals surface area contributed by atoms with Crippen molar-refractivity contribution in [3.63, 3.8) is 0 Å². The minimum Gasteiger partial charge on any atom is -0.507 e. The minimum atomic E-state index is -0.718. The highest BCUT2D eigenvalue weighted by Crippen LogP contribution is 2.40. The highest BCUT2D eigenvalue weighted by atomic mass is 16.5. The lowest BCUT2D eigenvalue weighted by Gasteiger charge is -2.25. The molecule has 1 atom stereocenters.